The second-order valence-corrected chi connectivity index (χ2v) is 10.3. The number of hydrogen-bond donors (Lipinski definition) is 2. The van der Waals surface area contributed by atoms with Gasteiger partial charge in [0.15, 0.2) is 0 Å². The van der Waals surface area contributed by atoms with Gasteiger partial charge in [-0.3, -0.25) is 14.4 Å². The Morgan fingerprint density at radius 2 is 1.81 bits per heavy atom. The lowest BCUT2D eigenvalue weighted by Crippen LogP contribution is -2.54. The van der Waals surface area contributed by atoms with Gasteiger partial charge in [-0.05, 0) is 48.3 Å². The molecule has 1 atom stereocenters. The number of rotatable bonds is 8. The van der Waals surface area contributed by atoms with Gasteiger partial charge in [-0.15, -0.1) is 0 Å². The highest BCUT2D eigenvalue weighted by atomic mass is 16.5. The summed E-state index contributed by atoms with van der Waals surface area (Å²) in [5, 5.41) is 5.92. The fourth-order valence-corrected chi connectivity index (χ4v) is 3.85. The molecule has 2 rings (SSSR count). The molecule has 178 valence electrons. The number of nitrogens with zero attached hydrogens (tertiary/aromatic N) is 1. The molecular weight excluding hydrogens is 406 g/mol. The number of likely N-dealkylation sites (tertiary alicyclic amines) is 1. The van der Waals surface area contributed by atoms with E-state index in [0.29, 0.717) is 56.1 Å². The molecule has 2 N–H and O–H groups in total. The van der Waals surface area contributed by atoms with Crippen LogP contribution in [0.1, 0.15) is 64.2 Å². The van der Waals surface area contributed by atoms with E-state index in [4.69, 9.17) is 4.74 Å². The average Bonchev–Trinajstić information content (AvgIpc) is 2.74. The van der Waals surface area contributed by atoms with Gasteiger partial charge >= 0.3 is 0 Å². The molecule has 0 aliphatic carbocycles. The summed E-state index contributed by atoms with van der Waals surface area (Å²) in [5.41, 5.74) is 0.390. The van der Waals surface area contributed by atoms with Crippen LogP contribution in [0, 0.1) is 17.3 Å². The van der Waals surface area contributed by atoms with Crippen molar-refractivity contribution in [2.45, 2.75) is 59.9 Å². The number of amides is 3. The highest BCUT2D eigenvalue weighted by Crippen LogP contribution is 2.25. The number of hydrogen-bond acceptors (Lipinski definition) is 4. The maximum absolute atomic E-state index is 13.0. The molecule has 1 aliphatic rings. The third kappa shape index (κ3) is 7.84. The second kappa shape index (κ2) is 11.3. The van der Waals surface area contributed by atoms with Crippen LogP contribution >= 0.6 is 0 Å². The first-order chi connectivity index (χ1) is 15.0. The highest BCUT2D eigenvalue weighted by Gasteiger charge is 2.34. The second-order valence-electron chi connectivity index (χ2n) is 10.3. The molecule has 0 radical (unpaired) electrons. The van der Waals surface area contributed by atoms with Crippen molar-refractivity contribution in [2.75, 3.05) is 26.7 Å². The van der Waals surface area contributed by atoms with E-state index >= 15 is 0 Å². The normalized spacial score (nSPS) is 15.9. The minimum absolute atomic E-state index is 0.0320. The van der Waals surface area contributed by atoms with Crippen molar-refractivity contribution in [3.63, 3.8) is 0 Å². The van der Waals surface area contributed by atoms with Gasteiger partial charge in [0.2, 0.25) is 11.8 Å². The van der Waals surface area contributed by atoms with E-state index in [2.05, 4.69) is 31.4 Å². The lowest BCUT2D eigenvalue weighted by atomic mass is 9.87. The Balaban J connectivity index is 2.09. The molecule has 0 bridgehead atoms. The number of nitrogens with one attached hydrogen (secondary N) is 2. The van der Waals surface area contributed by atoms with E-state index in [1.165, 1.54) is 0 Å². The summed E-state index contributed by atoms with van der Waals surface area (Å²) in [6, 6.07) is 6.24. The minimum atomic E-state index is -0.646. The molecule has 3 amide bonds. The third-order valence-corrected chi connectivity index (χ3v) is 5.63. The van der Waals surface area contributed by atoms with Crippen LogP contribution in [0.2, 0.25) is 0 Å². The Kier molecular flexibility index (Phi) is 9.10. The van der Waals surface area contributed by atoms with E-state index in [9.17, 15) is 14.4 Å². The number of piperidine rings is 1. The maximum Gasteiger partial charge on any atom is 0.252 e. The monoisotopic (exact) mass is 445 g/mol. The van der Waals surface area contributed by atoms with Crippen molar-refractivity contribution in [3.8, 4) is 5.75 Å². The summed E-state index contributed by atoms with van der Waals surface area (Å²) in [6.45, 7) is 12.0. The predicted octanol–water partition coefficient (Wildman–Crippen LogP) is 3.24. The summed E-state index contributed by atoms with van der Waals surface area (Å²) in [6.07, 6.45) is 1.85. The summed E-state index contributed by atoms with van der Waals surface area (Å²) in [7, 11) is 1.55. The molecular formula is C25H39N3O4. The van der Waals surface area contributed by atoms with Gasteiger partial charge in [0.1, 0.15) is 11.8 Å². The average molecular weight is 446 g/mol. The van der Waals surface area contributed by atoms with Crippen molar-refractivity contribution < 1.29 is 19.1 Å². The van der Waals surface area contributed by atoms with Gasteiger partial charge in [-0.25, -0.2) is 0 Å². The lowest BCUT2D eigenvalue weighted by molar-refractivity contribution is -0.134. The Morgan fingerprint density at radius 1 is 1.16 bits per heavy atom. The largest absolute Gasteiger partial charge is 0.497 e. The first-order valence-electron chi connectivity index (χ1n) is 11.5. The van der Waals surface area contributed by atoms with E-state index in [1.54, 1.807) is 31.4 Å². The van der Waals surface area contributed by atoms with Crippen LogP contribution in [-0.4, -0.2) is 55.4 Å². The first kappa shape index (κ1) is 25.7. The zero-order valence-electron chi connectivity index (χ0n) is 20.4. The zero-order chi connectivity index (χ0) is 23.9. The van der Waals surface area contributed by atoms with Gasteiger partial charge in [0.05, 0.1) is 7.11 Å². The fraction of sp³-hybridized carbons (Fsp3) is 0.640. The zero-order valence-corrected chi connectivity index (χ0v) is 20.4. The fourth-order valence-electron chi connectivity index (χ4n) is 3.85. The molecule has 7 heteroatoms. The quantitative estimate of drug-likeness (QED) is 0.643. The van der Waals surface area contributed by atoms with Crippen molar-refractivity contribution >= 4 is 17.7 Å². The van der Waals surface area contributed by atoms with Crippen LogP contribution < -0.4 is 15.4 Å². The molecule has 1 aromatic rings. The standard InChI is InChI=1S/C25H39N3O4/c1-17(2)16-26-24(31)22(27-23(30)19-8-7-9-20(14-19)32-6)18-10-12-28(13-11-18)21(29)15-25(3,4)5/h7-9,14,17-18,22H,10-13,15-16H2,1-6H3,(H,26,31)(H,27,30)/t22-/m1/s1. The number of benzene rings is 1. The minimum Gasteiger partial charge on any atom is -0.497 e. The molecule has 7 nitrogen and oxygen atoms in total. The van der Waals surface area contributed by atoms with Crippen LogP contribution in [0.3, 0.4) is 0 Å². The topological polar surface area (TPSA) is 87.7 Å². The van der Waals surface area contributed by atoms with E-state index in [-0.39, 0.29) is 29.1 Å². The van der Waals surface area contributed by atoms with Crippen molar-refractivity contribution in [1.82, 2.24) is 15.5 Å². The maximum atomic E-state index is 13.0. The SMILES string of the molecule is COc1cccc(C(=O)N[C@@H](C(=O)NCC(C)C)C2CCN(C(=O)CC(C)(C)C)CC2)c1. The number of methoxy groups -OCH3 is 1. The molecule has 0 saturated carbocycles. The summed E-state index contributed by atoms with van der Waals surface area (Å²) >= 11 is 0. The molecule has 1 aliphatic heterocycles. The first-order valence-corrected chi connectivity index (χ1v) is 11.5. The molecule has 32 heavy (non-hydrogen) atoms. The number of carbonyl (C=O) groups is 3. The molecule has 0 aromatic heterocycles. The predicted molar refractivity (Wildman–Crippen MR) is 125 cm³/mol. The van der Waals surface area contributed by atoms with E-state index in [0.717, 1.165) is 0 Å². The highest BCUT2D eigenvalue weighted by molar-refractivity contribution is 5.98. The summed E-state index contributed by atoms with van der Waals surface area (Å²) < 4.78 is 5.21. The third-order valence-electron chi connectivity index (χ3n) is 5.63. The summed E-state index contributed by atoms with van der Waals surface area (Å²) in [4.78, 5) is 40.4. The molecule has 0 spiro atoms. The summed E-state index contributed by atoms with van der Waals surface area (Å²) in [5.74, 6) is 0.538. The van der Waals surface area contributed by atoms with Crippen molar-refractivity contribution in [2.24, 2.45) is 17.3 Å². The van der Waals surface area contributed by atoms with Crippen LogP contribution in [0.25, 0.3) is 0 Å². The van der Waals surface area contributed by atoms with Gasteiger partial charge < -0.3 is 20.3 Å². The van der Waals surface area contributed by atoms with Crippen LogP contribution in [0.15, 0.2) is 24.3 Å². The molecule has 1 fully saturated rings. The van der Waals surface area contributed by atoms with Gasteiger partial charge in [0.25, 0.3) is 5.91 Å². The number of carbonyl (C=O) groups excluding carboxylic acids is 3. The Morgan fingerprint density at radius 3 is 2.38 bits per heavy atom. The smallest absolute Gasteiger partial charge is 0.252 e. The molecule has 1 aromatic carbocycles. The van der Waals surface area contributed by atoms with Crippen molar-refractivity contribution in [1.29, 1.82) is 0 Å². The van der Waals surface area contributed by atoms with Gasteiger partial charge in [-0.2, -0.15) is 0 Å². The van der Waals surface area contributed by atoms with Crippen LogP contribution in [-0.2, 0) is 9.59 Å². The Bertz CT molecular complexity index is 793. The Labute approximate surface area is 192 Å². The van der Waals surface area contributed by atoms with Crippen LogP contribution in [0.5, 0.6) is 5.75 Å². The van der Waals surface area contributed by atoms with Crippen molar-refractivity contribution in [3.05, 3.63) is 29.8 Å². The Hall–Kier alpha value is -2.57. The van der Waals surface area contributed by atoms with E-state index < -0.39 is 6.04 Å². The molecule has 0 unspecified atom stereocenters. The van der Waals surface area contributed by atoms with Gasteiger partial charge in [-0.1, -0.05) is 40.7 Å². The van der Waals surface area contributed by atoms with E-state index in [1.807, 2.05) is 18.7 Å². The lowest BCUT2D eigenvalue weighted by Gasteiger charge is -2.37. The van der Waals surface area contributed by atoms with Gasteiger partial charge in [0, 0.05) is 31.6 Å². The number of ether oxygens (including phenoxy) is 1. The van der Waals surface area contributed by atoms with Crippen LogP contribution in [0.4, 0.5) is 0 Å². The molecule has 1 saturated heterocycles. The molecule has 1 heterocycles.